The zero-order valence-corrected chi connectivity index (χ0v) is 11.9. The van der Waals surface area contributed by atoms with Crippen LogP contribution in [0, 0.1) is 5.92 Å². The molecule has 1 aliphatic rings. The summed E-state index contributed by atoms with van der Waals surface area (Å²) in [5.74, 6) is 0.199. The first kappa shape index (κ1) is 13.3. The number of hydrogen-bond donors (Lipinski definition) is 2. The Labute approximate surface area is 123 Å². The van der Waals surface area contributed by atoms with Crippen molar-refractivity contribution in [2.24, 2.45) is 5.92 Å². The molecule has 106 valence electrons. The summed E-state index contributed by atoms with van der Waals surface area (Å²) in [6.07, 6.45) is 5.25. The van der Waals surface area contributed by atoms with E-state index in [9.17, 15) is 9.59 Å². The van der Waals surface area contributed by atoms with Gasteiger partial charge in [0.25, 0.3) is 11.5 Å². The minimum absolute atomic E-state index is 0.0361. The predicted octanol–water partition coefficient (Wildman–Crippen LogP) is 0.890. The average molecular weight is 314 g/mol. The molecule has 2 N–H and O–H groups in total. The zero-order valence-electron chi connectivity index (χ0n) is 10.4. The first-order valence-electron chi connectivity index (χ1n) is 6.15. The highest BCUT2D eigenvalue weighted by Crippen LogP contribution is 2.29. The predicted molar refractivity (Wildman–Crippen MR) is 73.9 cm³/mol. The number of amides is 1. The quantitative estimate of drug-likeness (QED) is 0.876. The Kier molecular flexibility index (Phi) is 3.58. The Morgan fingerprint density at radius 2 is 2.40 bits per heavy atom. The molecule has 2 aromatic rings. The van der Waals surface area contributed by atoms with Gasteiger partial charge in [-0.25, -0.2) is 0 Å². The number of nitrogens with one attached hydrogen (secondary N) is 2. The van der Waals surface area contributed by atoms with Gasteiger partial charge in [-0.15, -0.1) is 5.10 Å². The normalized spacial score (nSPS) is 21.4. The van der Waals surface area contributed by atoms with Gasteiger partial charge in [-0.05, 0) is 18.8 Å². The summed E-state index contributed by atoms with van der Waals surface area (Å²) in [5, 5.41) is 10.5. The highest BCUT2D eigenvalue weighted by atomic mass is 35.5. The molecule has 0 atom stereocenters. The molecule has 0 radical (unpaired) electrons. The van der Waals surface area contributed by atoms with Crippen molar-refractivity contribution in [3.63, 3.8) is 0 Å². The van der Waals surface area contributed by atoms with E-state index in [-0.39, 0.29) is 21.8 Å². The molecule has 7 nitrogen and oxygen atoms in total. The van der Waals surface area contributed by atoms with E-state index < -0.39 is 5.56 Å². The number of aromatic nitrogens is 4. The molecule has 0 aromatic carbocycles. The first-order chi connectivity index (χ1) is 9.63. The Bertz CT molecular complexity index is 659. The van der Waals surface area contributed by atoms with Crippen molar-refractivity contribution < 1.29 is 4.79 Å². The molecule has 20 heavy (non-hydrogen) atoms. The van der Waals surface area contributed by atoms with Crippen molar-refractivity contribution >= 4 is 29.0 Å². The summed E-state index contributed by atoms with van der Waals surface area (Å²) < 4.78 is 4.23. The highest BCUT2D eigenvalue weighted by molar-refractivity contribution is 7.08. The minimum atomic E-state index is -0.417. The van der Waals surface area contributed by atoms with E-state index in [0.717, 1.165) is 30.9 Å². The number of hydrogen-bond acceptors (Lipinski definition) is 5. The fourth-order valence-corrected chi connectivity index (χ4v) is 3.22. The molecule has 0 spiro atoms. The van der Waals surface area contributed by atoms with Crippen LogP contribution in [0.2, 0.25) is 5.02 Å². The molecule has 1 aliphatic carbocycles. The van der Waals surface area contributed by atoms with Crippen LogP contribution in [0.4, 0.5) is 0 Å². The van der Waals surface area contributed by atoms with E-state index in [2.05, 4.69) is 20.0 Å². The van der Waals surface area contributed by atoms with Gasteiger partial charge >= 0.3 is 0 Å². The molecular weight excluding hydrogens is 302 g/mol. The molecule has 0 saturated heterocycles. The van der Waals surface area contributed by atoms with E-state index in [1.807, 2.05) is 6.20 Å². The van der Waals surface area contributed by atoms with E-state index >= 15 is 0 Å². The van der Waals surface area contributed by atoms with Gasteiger partial charge in [0.15, 0.2) is 0 Å². The third-order valence-electron chi connectivity index (χ3n) is 3.34. The third kappa shape index (κ3) is 2.61. The largest absolute Gasteiger partial charge is 0.348 e. The number of aromatic amines is 1. The summed E-state index contributed by atoms with van der Waals surface area (Å²) in [7, 11) is 0. The van der Waals surface area contributed by atoms with Gasteiger partial charge in [-0.3, -0.25) is 18.6 Å². The smallest absolute Gasteiger partial charge is 0.277 e. The van der Waals surface area contributed by atoms with E-state index in [1.54, 1.807) is 10.9 Å². The van der Waals surface area contributed by atoms with Crippen LogP contribution >= 0.6 is 23.1 Å². The van der Waals surface area contributed by atoms with Crippen LogP contribution in [-0.4, -0.2) is 31.3 Å². The van der Waals surface area contributed by atoms with Gasteiger partial charge < -0.3 is 5.32 Å². The van der Waals surface area contributed by atoms with Crippen molar-refractivity contribution in [1.29, 1.82) is 0 Å². The Balaban J connectivity index is 1.50. The van der Waals surface area contributed by atoms with Gasteiger partial charge in [0.2, 0.25) is 0 Å². The summed E-state index contributed by atoms with van der Waals surface area (Å²) in [6.45, 7) is 0.810. The lowest BCUT2D eigenvalue weighted by atomic mass is 9.80. The second kappa shape index (κ2) is 5.37. The average Bonchev–Trinajstić information content (AvgIpc) is 2.98. The number of halogens is 1. The standard InChI is InChI=1S/C11H12ClN5O2S/c12-8-9(20-15-10(8)18)11(19)14-7-3-6(4-7)5-17-2-1-13-16-17/h1-2,6-7H,3-5H2,(H,14,19)(H,15,18). The molecule has 1 saturated carbocycles. The molecular formula is C11H12ClN5O2S. The van der Waals surface area contributed by atoms with Crippen molar-refractivity contribution in [2.45, 2.75) is 25.4 Å². The van der Waals surface area contributed by atoms with Gasteiger partial charge in [0.05, 0.1) is 6.20 Å². The molecule has 1 amide bonds. The van der Waals surface area contributed by atoms with Crippen LogP contribution in [0.3, 0.4) is 0 Å². The van der Waals surface area contributed by atoms with Gasteiger partial charge in [-0.1, -0.05) is 28.3 Å². The van der Waals surface area contributed by atoms with E-state index in [0.29, 0.717) is 5.92 Å². The van der Waals surface area contributed by atoms with E-state index in [4.69, 9.17) is 11.6 Å². The highest BCUT2D eigenvalue weighted by Gasteiger charge is 2.31. The molecule has 2 aromatic heterocycles. The zero-order chi connectivity index (χ0) is 14.1. The van der Waals surface area contributed by atoms with E-state index in [1.165, 1.54) is 0 Å². The number of carbonyl (C=O) groups excluding carboxylic acids is 1. The molecule has 0 unspecified atom stereocenters. The lowest BCUT2D eigenvalue weighted by Gasteiger charge is -2.35. The fraction of sp³-hybridized carbons (Fsp3) is 0.455. The minimum Gasteiger partial charge on any atom is -0.348 e. The van der Waals surface area contributed by atoms with Crippen LogP contribution in [0.15, 0.2) is 17.2 Å². The molecule has 0 aliphatic heterocycles. The molecule has 1 fully saturated rings. The summed E-state index contributed by atoms with van der Waals surface area (Å²) >= 11 is 6.72. The van der Waals surface area contributed by atoms with Gasteiger partial charge in [-0.2, -0.15) is 0 Å². The van der Waals surface area contributed by atoms with Crippen LogP contribution in [-0.2, 0) is 6.54 Å². The van der Waals surface area contributed by atoms with Crippen molar-refractivity contribution in [3.8, 4) is 0 Å². The molecule has 3 rings (SSSR count). The lowest BCUT2D eigenvalue weighted by Crippen LogP contribution is -2.45. The second-order valence-corrected chi connectivity index (χ2v) is 6.00. The summed E-state index contributed by atoms with van der Waals surface area (Å²) in [5.41, 5.74) is -0.417. The number of H-pyrrole nitrogens is 1. The monoisotopic (exact) mass is 313 g/mol. The van der Waals surface area contributed by atoms with Crippen LogP contribution < -0.4 is 10.9 Å². The Hall–Kier alpha value is -1.67. The van der Waals surface area contributed by atoms with Gasteiger partial charge in [0.1, 0.15) is 9.90 Å². The Morgan fingerprint density at radius 1 is 1.60 bits per heavy atom. The first-order valence-corrected chi connectivity index (χ1v) is 7.35. The summed E-state index contributed by atoms with van der Waals surface area (Å²) in [6, 6.07) is 0.129. The van der Waals surface area contributed by atoms with Crippen molar-refractivity contribution in [1.82, 2.24) is 24.7 Å². The lowest BCUT2D eigenvalue weighted by molar-refractivity contribution is 0.0883. The maximum Gasteiger partial charge on any atom is 0.277 e. The SMILES string of the molecule is O=C(NC1CC(Cn2ccnn2)C1)c1s[nH]c(=O)c1Cl. The summed E-state index contributed by atoms with van der Waals surface area (Å²) in [4.78, 5) is 23.4. The Morgan fingerprint density at radius 3 is 3.00 bits per heavy atom. The third-order valence-corrected chi connectivity index (χ3v) is 4.69. The topological polar surface area (TPSA) is 92.7 Å². The number of rotatable bonds is 4. The maximum atomic E-state index is 11.9. The van der Waals surface area contributed by atoms with Crippen LogP contribution in [0.25, 0.3) is 0 Å². The maximum absolute atomic E-state index is 11.9. The molecule has 9 heteroatoms. The molecule has 2 heterocycles. The molecule has 0 bridgehead atoms. The van der Waals surface area contributed by atoms with Gasteiger partial charge in [0, 0.05) is 18.8 Å². The number of nitrogens with zero attached hydrogens (tertiary/aromatic N) is 3. The van der Waals surface area contributed by atoms with Crippen molar-refractivity contribution in [3.05, 3.63) is 32.6 Å². The second-order valence-electron chi connectivity index (χ2n) is 4.81. The fourth-order valence-electron chi connectivity index (χ4n) is 2.28. The number of carbonyl (C=O) groups is 1. The van der Waals surface area contributed by atoms with Crippen LogP contribution in [0.5, 0.6) is 0 Å². The van der Waals surface area contributed by atoms with Crippen LogP contribution in [0.1, 0.15) is 22.5 Å². The van der Waals surface area contributed by atoms with Crippen molar-refractivity contribution in [2.75, 3.05) is 0 Å².